The van der Waals surface area contributed by atoms with Crippen molar-refractivity contribution in [2.75, 3.05) is 0 Å². The molecule has 13 heteroatoms. The van der Waals surface area contributed by atoms with Crippen LogP contribution in [0.5, 0.6) is 17.5 Å². The highest BCUT2D eigenvalue weighted by atomic mass is 35.5. The Bertz CT molecular complexity index is 1540. The van der Waals surface area contributed by atoms with Crippen molar-refractivity contribution in [1.82, 2.24) is 23.7 Å². The van der Waals surface area contributed by atoms with E-state index in [1.165, 1.54) is 46.6 Å². The number of alkyl halides is 2. The molecule has 0 bridgehead atoms. The molecule has 3 aromatic heterocycles. The maximum atomic E-state index is 13.5. The van der Waals surface area contributed by atoms with E-state index in [1.54, 1.807) is 19.1 Å². The van der Waals surface area contributed by atoms with Crippen molar-refractivity contribution < 1.29 is 23.4 Å². The number of ether oxygens (including phenoxy) is 2. The third-order valence-electron chi connectivity index (χ3n) is 5.39. The number of benzene rings is 1. The first-order valence-electron chi connectivity index (χ1n) is 11.3. The number of hydrogen-bond acceptors (Lipinski definition) is 7. The lowest BCUT2D eigenvalue weighted by atomic mass is 10.3. The summed E-state index contributed by atoms with van der Waals surface area (Å²) in [6.07, 6.45) is -2.49. The van der Waals surface area contributed by atoms with E-state index in [1.807, 2.05) is 0 Å². The number of aliphatic hydroxyl groups is 1. The molecular weight excluding hydrogens is 512 g/mol. The monoisotopic (exact) mass is 535 g/mol. The molecule has 37 heavy (non-hydrogen) atoms. The molecule has 0 amide bonds. The molecule has 4 rings (SSSR count). The summed E-state index contributed by atoms with van der Waals surface area (Å²) in [7, 11) is 1.46. The van der Waals surface area contributed by atoms with Crippen LogP contribution in [0.1, 0.15) is 26.0 Å². The quantitative estimate of drug-likeness (QED) is 0.349. The maximum absolute atomic E-state index is 13.5. The average Bonchev–Trinajstić information content (AvgIpc) is 3.16. The van der Waals surface area contributed by atoms with Gasteiger partial charge >= 0.3 is 17.8 Å². The van der Waals surface area contributed by atoms with E-state index in [0.717, 1.165) is 4.57 Å². The summed E-state index contributed by atoms with van der Waals surface area (Å²) >= 11 is 5.95. The van der Waals surface area contributed by atoms with Gasteiger partial charge < -0.3 is 14.6 Å². The zero-order chi connectivity index (χ0) is 26.9. The minimum Gasteiger partial charge on any atom is -0.433 e. The Hall–Kier alpha value is -3.77. The largest absolute Gasteiger partial charge is 0.433 e. The molecule has 196 valence electrons. The summed E-state index contributed by atoms with van der Waals surface area (Å²) in [5.41, 5.74) is -0.607. The van der Waals surface area contributed by atoms with E-state index < -0.39 is 23.5 Å². The Labute approximate surface area is 214 Å². The zero-order valence-corrected chi connectivity index (χ0v) is 20.9. The fourth-order valence-corrected chi connectivity index (χ4v) is 3.78. The van der Waals surface area contributed by atoms with Crippen LogP contribution >= 0.6 is 11.6 Å². The number of fused-ring (bicyclic) bond motifs is 1. The molecule has 0 saturated carbocycles. The van der Waals surface area contributed by atoms with Crippen LogP contribution in [-0.4, -0.2) is 41.0 Å². The Morgan fingerprint density at radius 1 is 1.16 bits per heavy atom. The Morgan fingerprint density at radius 2 is 1.89 bits per heavy atom. The SMILES string of the molecule is CC(O)CCn1c(=O)c2c(nc(Oc3cccc(OC(C)(F)F)c3)n2Cc2ccc(Cl)cn2)n(C)c1=O. The van der Waals surface area contributed by atoms with Gasteiger partial charge in [0.1, 0.15) is 11.5 Å². The van der Waals surface area contributed by atoms with Gasteiger partial charge in [0.25, 0.3) is 5.56 Å². The van der Waals surface area contributed by atoms with Crippen LogP contribution in [0.2, 0.25) is 5.02 Å². The molecule has 0 fully saturated rings. The van der Waals surface area contributed by atoms with Crippen LogP contribution in [0.4, 0.5) is 8.78 Å². The van der Waals surface area contributed by atoms with Gasteiger partial charge in [0.05, 0.1) is 23.4 Å². The third kappa shape index (κ3) is 5.97. The van der Waals surface area contributed by atoms with Crippen LogP contribution in [0, 0.1) is 0 Å². The van der Waals surface area contributed by atoms with Crippen LogP contribution in [0.3, 0.4) is 0 Å². The van der Waals surface area contributed by atoms with Gasteiger partial charge in [-0.1, -0.05) is 17.7 Å². The van der Waals surface area contributed by atoms with Gasteiger partial charge in [0, 0.05) is 32.8 Å². The van der Waals surface area contributed by atoms with Crippen molar-refractivity contribution in [1.29, 1.82) is 0 Å². The average molecular weight is 536 g/mol. The zero-order valence-electron chi connectivity index (χ0n) is 20.2. The van der Waals surface area contributed by atoms with Gasteiger partial charge in [-0.3, -0.25) is 23.5 Å². The summed E-state index contributed by atoms with van der Waals surface area (Å²) in [5.74, 6) is -0.0262. The van der Waals surface area contributed by atoms with Crippen LogP contribution in [-0.2, 0) is 20.1 Å². The summed E-state index contributed by atoms with van der Waals surface area (Å²) in [6, 6.07) is 8.77. The highest BCUT2D eigenvalue weighted by Gasteiger charge is 2.25. The lowest BCUT2D eigenvalue weighted by Gasteiger charge is -2.14. The van der Waals surface area contributed by atoms with Crippen molar-refractivity contribution >= 4 is 22.8 Å². The number of halogens is 3. The smallest absolute Gasteiger partial charge is 0.394 e. The van der Waals surface area contributed by atoms with Gasteiger partial charge in [0.15, 0.2) is 11.2 Å². The minimum atomic E-state index is -3.40. The minimum absolute atomic E-state index is 0.00963. The van der Waals surface area contributed by atoms with Crippen LogP contribution in [0.15, 0.2) is 52.2 Å². The maximum Gasteiger partial charge on any atom is 0.394 e. The number of nitrogens with zero attached hydrogens (tertiary/aromatic N) is 5. The Kier molecular flexibility index (Phi) is 7.32. The second kappa shape index (κ2) is 10.3. The first-order chi connectivity index (χ1) is 17.4. The van der Waals surface area contributed by atoms with Crippen molar-refractivity contribution in [3.63, 3.8) is 0 Å². The molecule has 3 heterocycles. The first-order valence-corrected chi connectivity index (χ1v) is 11.6. The summed E-state index contributed by atoms with van der Waals surface area (Å²) in [6.45, 7) is 2.19. The van der Waals surface area contributed by atoms with Crippen LogP contribution in [0.25, 0.3) is 11.2 Å². The fraction of sp³-hybridized carbons (Fsp3) is 0.333. The Morgan fingerprint density at radius 3 is 2.54 bits per heavy atom. The molecule has 4 aromatic rings. The second-order valence-electron chi connectivity index (χ2n) is 8.54. The molecule has 1 atom stereocenters. The predicted molar refractivity (Wildman–Crippen MR) is 132 cm³/mol. The molecule has 0 saturated heterocycles. The van der Waals surface area contributed by atoms with Crippen molar-refractivity contribution in [2.45, 2.75) is 45.6 Å². The number of hydrogen-bond donors (Lipinski definition) is 1. The molecule has 0 spiro atoms. The van der Waals surface area contributed by atoms with E-state index in [2.05, 4.69) is 14.7 Å². The van der Waals surface area contributed by atoms with Gasteiger partial charge in [-0.15, -0.1) is 0 Å². The molecule has 10 nitrogen and oxygen atoms in total. The summed E-state index contributed by atoms with van der Waals surface area (Å²) in [4.78, 5) is 35.0. The summed E-state index contributed by atoms with van der Waals surface area (Å²) in [5, 5.41) is 10.1. The lowest BCUT2D eigenvalue weighted by Crippen LogP contribution is -2.40. The molecular formula is C24H24ClF2N5O5. The third-order valence-corrected chi connectivity index (χ3v) is 5.61. The lowest BCUT2D eigenvalue weighted by molar-refractivity contribution is -0.159. The topological polar surface area (TPSA) is 113 Å². The predicted octanol–water partition coefficient (Wildman–Crippen LogP) is 3.55. The number of aromatic nitrogens is 5. The van der Waals surface area contributed by atoms with Crippen molar-refractivity contribution in [3.8, 4) is 17.5 Å². The number of rotatable bonds is 9. The highest BCUT2D eigenvalue weighted by molar-refractivity contribution is 6.30. The molecule has 0 radical (unpaired) electrons. The molecule has 1 N–H and O–H groups in total. The van der Waals surface area contributed by atoms with Gasteiger partial charge in [-0.2, -0.15) is 13.8 Å². The number of aliphatic hydroxyl groups excluding tert-OH is 1. The number of aryl methyl sites for hydroxylation is 1. The number of imidazole rings is 1. The molecule has 1 aromatic carbocycles. The first kappa shape index (κ1) is 26.3. The highest BCUT2D eigenvalue weighted by Crippen LogP contribution is 2.29. The van der Waals surface area contributed by atoms with Crippen LogP contribution < -0.4 is 20.7 Å². The second-order valence-corrected chi connectivity index (χ2v) is 8.98. The van der Waals surface area contributed by atoms with E-state index in [0.29, 0.717) is 17.6 Å². The van der Waals surface area contributed by atoms with E-state index >= 15 is 0 Å². The molecule has 1 unspecified atom stereocenters. The van der Waals surface area contributed by atoms with Crippen molar-refractivity contribution in [3.05, 3.63) is 74.1 Å². The van der Waals surface area contributed by atoms with Crippen molar-refractivity contribution in [2.24, 2.45) is 7.05 Å². The standard InChI is InChI=1S/C24H24ClF2N5O5/c1-14(33)9-10-31-21(34)19-20(30(3)23(31)35)29-22(32(19)13-16-8-7-15(25)12-28-16)36-17-5-4-6-18(11-17)37-24(2,26)27/h4-8,11-12,14,33H,9-10,13H2,1-3H3. The summed E-state index contributed by atoms with van der Waals surface area (Å²) < 4.78 is 40.8. The van der Waals surface area contributed by atoms with E-state index in [4.69, 9.17) is 16.3 Å². The van der Waals surface area contributed by atoms with E-state index in [-0.39, 0.29) is 48.2 Å². The Balaban J connectivity index is 1.87. The van der Waals surface area contributed by atoms with Gasteiger partial charge in [0.2, 0.25) is 0 Å². The molecule has 0 aliphatic carbocycles. The van der Waals surface area contributed by atoms with Gasteiger partial charge in [-0.25, -0.2) is 4.79 Å². The normalized spacial score (nSPS) is 12.6. The fourth-order valence-electron chi connectivity index (χ4n) is 3.66. The number of pyridine rings is 1. The molecule has 0 aliphatic rings. The van der Waals surface area contributed by atoms with Gasteiger partial charge in [-0.05, 0) is 37.6 Å². The van der Waals surface area contributed by atoms with E-state index in [9.17, 15) is 23.5 Å². The molecule has 0 aliphatic heterocycles.